The molecular weight excluding hydrogens is 452 g/mol. The topological polar surface area (TPSA) is 122 Å². The van der Waals surface area contributed by atoms with Crippen LogP contribution in [0.15, 0.2) is 53.4 Å². The highest BCUT2D eigenvalue weighted by Gasteiger charge is 2.43. The largest absolute Gasteiger partial charge is 0.497 e. The first-order valence-electron chi connectivity index (χ1n) is 9.76. The van der Waals surface area contributed by atoms with Crippen LogP contribution in [-0.4, -0.2) is 57.0 Å². The van der Waals surface area contributed by atoms with Crippen molar-refractivity contribution in [1.29, 1.82) is 0 Å². The summed E-state index contributed by atoms with van der Waals surface area (Å²) < 4.78 is 28.0. The number of thiocarbonyl (C=S) groups is 1. The van der Waals surface area contributed by atoms with E-state index >= 15 is 0 Å². The van der Waals surface area contributed by atoms with E-state index < -0.39 is 16.1 Å². The highest BCUT2D eigenvalue weighted by Crippen LogP contribution is 2.27. The molecule has 11 heteroatoms. The van der Waals surface area contributed by atoms with Gasteiger partial charge in [-0.1, -0.05) is 12.1 Å². The summed E-state index contributed by atoms with van der Waals surface area (Å²) >= 11 is 5.40. The van der Waals surface area contributed by atoms with Crippen molar-refractivity contribution in [3.63, 3.8) is 0 Å². The monoisotopic (exact) mass is 476 g/mol. The molecule has 0 radical (unpaired) electrons. The number of amides is 2. The second-order valence-corrected chi connectivity index (χ2v) is 9.12. The minimum Gasteiger partial charge on any atom is -0.497 e. The average Bonchev–Trinajstić information content (AvgIpc) is 3.07. The number of hydrogen-bond acceptors (Lipinski definition) is 6. The Balaban J connectivity index is 1.77. The first kappa shape index (κ1) is 23.6. The smallest absolute Gasteiger partial charge is 0.257 e. The molecule has 1 aliphatic heterocycles. The predicted molar refractivity (Wildman–Crippen MR) is 124 cm³/mol. The molecule has 3 N–H and O–H groups in total. The summed E-state index contributed by atoms with van der Waals surface area (Å²) in [6.45, 7) is 0.356. The van der Waals surface area contributed by atoms with Gasteiger partial charge in [0, 0.05) is 13.6 Å². The molecule has 0 spiro atoms. The third kappa shape index (κ3) is 5.06. The van der Waals surface area contributed by atoms with Crippen LogP contribution in [0.2, 0.25) is 0 Å². The van der Waals surface area contributed by atoms with Gasteiger partial charge in [-0.3, -0.25) is 9.59 Å². The standard InChI is InChI=1S/C21H24N4O5S2/c1-23-21(31)24(12-11-14-3-9-17(10-4-14)32(22,28)29)18-13-19(26)25(20(18)27)15-5-7-16(30-2)8-6-15/h3-10,18H,11-13H2,1-2H3,(H,23,31)(H2,22,28,29). The maximum Gasteiger partial charge on any atom is 0.257 e. The fourth-order valence-electron chi connectivity index (χ4n) is 3.50. The van der Waals surface area contributed by atoms with E-state index in [0.717, 1.165) is 10.5 Å². The van der Waals surface area contributed by atoms with E-state index in [0.29, 0.717) is 29.5 Å². The highest BCUT2D eigenvalue weighted by atomic mass is 32.2. The second kappa shape index (κ2) is 9.63. The van der Waals surface area contributed by atoms with Gasteiger partial charge in [-0.15, -0.1) is 0 Å². The Bertz CT molecular complexity index is 1120. The lowest BCUT2D eigenvalue weighted by Crippen LogP contribution is -2.49. The number of primary sulfonamides is 1. The molecule has 3 rings (SSSR count). The number of anilines is 1. The van der Waals surface area contributed by atoms with E-state index in [-0.39, 0.29) is 23.1 Å². The van der Waals surface area contributed by atoms with Crippen LogP contribution in [0.25, 0.3) is 0 Å². The summed E-state index contributed by atoms with van der Waals surface area (Å²) in [5.74, 6) is -0.0512. The number of carbonyl (C=O) groups excluding carboxylic acids is 2. The van der Waals surface area contributed by atoms with Crippen LogP contribution in [0.5, 0.6) is 5.75 Å². The Morgan fingerprint density at radius 2 is 1.81 bits per heavy atom. The molecule has 1 saturated heterocycles. The lowest BCUT2D eigenvalue weighted by Gasteiger charge is -2.29. The zero-order valence-electron chi connectivity index (χ0n) is 17.6. The summed E-state index contributed by atoms with van der Waals surface area (Å²) in [7, 11) is -0.579. The molecule has 9 nitrogen and oxygen atoms in total. The molecule has 2 aromatic carbocycles. The molecule has 1 aliphatic rings. The van der Waals surface area contributed by atoms with Crippen molar-refractivity contribution in [1.82, 2.24) is 10.2 Å². The van der Waals surface area contributed by atoms with Crippen LogP contribution < -0.4 is 20.1 Å². The van der Waals surface area contributed by atoms with Crippen LogP contribution >= 0.6 is 12.2 Å². The molecule has 0 saturated carbocycles. The molecule has 1 atom stereocenters. The molecule has 170 valence electrons. The normalized spacial score (nSPS) is 16.2. The molecule has 0 aromatic heterocycles. The average molecular weight is 477 g/mol. The Labute approximate surface area is 192 Å². The lowest BCUT2D eigenvalue weighted by atomic mass is 10.1. The molecule has 1 fully saturated rings. The molecule has 32 heavy (non-hydrogen) atoms. The maximum atomic E-state index is 13.2. The van der Waals surface area contributed by atoms with Crippen molar-refractivity contribution in [3.05, 3.63) is 54.1 Å². The van der Waals surface area contributed by atoms with Crippen molar-refractivity contribution >= 4 is 44.9 Å². The number of nitrogens with zero attached hydrogens (tertiary/aromatic N) is 2. The summed E-state index contributed by atoms with van der Waals surface area (Å²) in [4.78, 5) is 28.7. The zero-order valence-corrected chi connectivity index (χ0v) is 19.3. The van der Waals surface area contributed by atoms with E-state index in [1.165, 1.54) is 19.2 Å². The number of nitrogens with two attached hydrogens (primary N) is 1. The molecule has 1 heterocycles. The number of benzene rings is 2. The van der Waals surface area contributed by atoms with Crippen LogP contribution in [0.1, 0.15) is 12.0 Å². The van der Waals surface area contributed by atoms with E-state index in [4.69, 9.17) is 22.1 Å². The van der Waals surface area contributed by atoms with Gasteiger partial charge in [-0.2, -0.15) is 0 Å². The first-order valence-corrected chi connectivity index (χ1v) is 11.7. The Morgan fingerprint density at radius 3 is 2.34 bits per heavy atom. The van der Waals surface area contributed by atoms with Gasteiger partial charge in [-0.05, 0) is 60.6 Å². The summed E-state index contributed by atoms with van der Waals surface area (Å²) in [5, 5.41) is 8.35. The minimum absolute atomic E-state index is 0.00294. The second-order valence-electron chi connectivity index (χ2n) is 7.17. The summed E-state index contributed by atoms with van der Waals surface area (Å²) in [5.41, 5.74) is 1.31. The van der Waals surface area contributed by atoms with E-state index in [1.807, 2.05) is 0 Å². The Morgan fingerprint density at radius 1 is 1.19 bits per heavy atom. The number of sulfonamides is 1. The molecular formula is C21H24N4O5S2. The van der Waals surface area contributed by atoms with E-state index in [2.05, 4.69) is 5.32 Å². The van der Waals surface area contributed by atoms with Gasteiger partial charge < -0.3 is 15.0 Å². The third-order valence-corrected chi connectivity index (χ3v) is 6.57. The fourth-order valence-corrected chi connectivity index (χ4v) is 4.23. The molecule has 2 amide bonds. The van der Waals surface area contributed by atoms with Gasteiger partial charge in [0.2, 0.25) is 15.9 Å². The van der Waals surface area contributed by atoms with Crippen LogP contribution in [-0.2, 0) is 26.0 Å². The van der Waals surface area contributed by atoms with Crippen molar-refractivity contribution in [3.8, 4) is 5.75 Å². The number of carbonyl (C=O) groups is 2. The number of hydrogen-bond donors (Lipinski definition) is 2. The van der Waals surface area contributed by atoms with Crippen LogP contribution in [0.3, 0.4) is 0 Å². The maximum absolute atomic E-state index is 13.2. The quantitative estimate of drug-likeness (QED) is 0.449. The molecule has 0 bridgehead atoms. The SMILES string of the molecule is CNC(=S)N(CCc1ccc(S(N)(=O)=O)cc1)C1CC(=O)N(c2ccc(OC)cc2)C1=O. The van der Waals surface area contributed by atoms with Gasteiger partial charge in [0.25, 0.3) is 5.91 Å². The van der Waals surface area contributed by atoms with Gasteiger partial charge in [0.1, 0.15) is 11.8 Å². The first-order chi connectivity index (χ1) is 15.2. The highest BCUT2D eigenvalue weighted by molar-refractivity contribution is 7.89. The number of ether oxygens (including phenoxy) is 1. The van der Waals surface area contributed by atoms with E-state index in [9.17, 15) is 18.0 Å². The number of rotatable bonds is 7. The fraction of sp³-hybridized carbons (Fsp3) is 0.286. The van der Waals surface area contributed by atoms with Crippen molar-refractivity contribution in [2.24, 2.45) is 5.14 Å². The van der Waals surface area contributed by atoms with Gasteiger partial charge in [0.15, 0.2) is 5.11 Å². The zero-order chi connectivity index (χ0) is 23.5. The van der Waals surface area contributed by atoms with Crippen LogP contribution in [0.4, 0.5) is 5.69 Å². The Hall–Kier alpha value is -3.02. The van der Waals surface area contributed by atoms with Gasteiger partial charge in [-0.25, -0.2) is 18.5 Å². The Kier molecular flexibility index (Phi) is 7.12. The lowest BCUT2D eigenvalue weighted by molar-refractivity contribution is -0.122. The summed E-state index contributed by atoms with van der Waals surface area (Å²) in [6.07, 6.45) is 0.476. The molecule has 0 aliphatic carbocycles. The van der Waals surface area contributed by atoms with Crippen LogP contribution in [0, 0.1) is 0 Å². The third-order valence-electron chi connectivity index (χ3n) is 5.20. The number of nitrogens with one attached hydrogen (secondary N) is 1. The van der Waals surface area contributed by atoms with Crippen molar-refractivity contribution in [2.45, 2.75) is 23.8 Å². The number of methoxy groups -OCH3 is 1. The van der Waals surface area contributed by atoms with Crippen molar-refractivity contribution < 1.29 is 22.7 Å². The predicted octanol–water partition coefficient (Wildman–Crippen LogP) is 1.02. The van der Waals surface area contributed by atoms with Gasteiger partial charge in [0.05, 0.1) is 24.1 Å². The summed E-state index contributed by atoms with van der Waals surface area (Å²) in [6, 6.07) is 12.1. The van der Waals surface area contributed by atoms with Crippen molar-refractivity contribution in [2.75, 3.05) is 25.6 Å². The minimum atomic E-state index is -3.77. The van der Waals surface area contributed by atoms with Gasteiger partial charge >= 0.3 is 0 Å². The van der Waals surface area contributed by atoms with E-state index in [1.54, 1.807) is 48.3 Å². The number of imide groups is 1. The molecule has 2 aromatic rings. The molecule has 1 unspecified atom stereocenters.